The first-order valence-corrected chi connectivity index (χ1v) is 6.67. The number of halogens is 1. The van der Waals surface area contributed by atoms with Gasteiger partial charge in [0.15, 0.2) is 0 Å². The lowest BCUT2D eigenvalue weighted by Gasteiger charge is -2.02. The van der Waals surface area contributed by atoms with Crippen LogP contribution >= 0.6 is 23.7 Å². The van der Waals surface area contributed by atoms with Crippen molar-refractivity contribution in [2.24, 2.45) is 0 Å². The standard InChI is InChI=1S/C12H18N2OS.ClH/c1-13-6-3-7-14-12(15)11-8-9-4-2-5-10(9)16-11;/h8,13H,2-7H2,1H3,(H,14,15);1H. The van der Waals surface area contributed by atoms with Crippen molar-refractivity contribution in [1.82, 2.24) is 10.6 Å². The van der Waals surface area contributed by atoms with E-state index in [2.05, 4.69) is 16.7 Å². The third-order valence-electron chi connectivity index (χ3n) is 2.86. The Morgan fingerprint density at radius 3 is 2.94 bits per heavy atom. The Labute approximate surface area is 112 Å². The van der Waals surface area contributed by atoms with Crippen molar-refractivity contribution >= 4 is 29.7 Å². The van der Waals surface area contributed by atoms with Crippen molar-refractivity contribution in [3.8, 4) is 0 Å². The van der Waals surface area contributed by atoms with Gasteiger partial charge >= 0.3 is 0 Å². The number of thiophene rings is 1. The van der Waals surface area contributed by atoms with Crippen molar-refractivity contribution in [1.29, 1.82) is 0 Å². The zero-order valence-corrected chi connectivity index (χ0v) is 11.7. The molecular formula is C12H19ClN2OS. The maximum atomic E-state index is 11.8. The molecule has 1 heterocycles. The van der Waals surface area contributed by atoms with Gasteiger partial charge in [0, 0.05) is 11.4 Å². The van der Waals surface area contributed by atoms with E-state index in [1.54, 1.807) is 11.3 Å². The number of aryl methyl sites for hydroxylation is 2. The minimum Gasteiger partial charge on any atom is -0.351 e. The van der Waals surface area contributed by atoms with Crippen LogP contribution in [-0.4, -0.2) is 26.0 Å². The summed E-state index contributed by atoms with van der Waals surface area (Å²) in [4.78, 5) is 14.1. The second-order valence-corrected chi connectivity index (χ2v) is 5.26. The van der Waals surface area contributed by atoms with E-state index in [1.165, 1.54) is 16.9 Å². The topological polar surface area (TPSA) is 41.1 Å². The molecule has 0 saturated heterocycles. The van der Waals surface area contributed by atoms with Crippen molar-refractivity contribution in [3.05, 3.63) is 21.4 Å². The second-order valence-electron chi connectivity index (χ2n) is 4.13. The molecule has 1 aliphatic carbocycles. The number of fused-ring (bicyclic) bond motifs is 1. The van der Waals surface area contributed by atoms with Crippen LogP contribution in [-0.2, 0) is 12.8 Å². The van der Waals surface area contributed by atoms with E-state index in [0.717, 1.165) is 37.2 Å². The summed E-state index contributed by atoms with van der Waals surface area (Å²) in [6.07, 6.45) is 4.55. The molecule has 5 heteroatoms. The van der Waals surface area contributed by atoms with Crippen molar-refractivity contribution in [2.75, 3.05) is 20.1 Å². The van der Waals surface area contributed by atoms with Crippen LogP contribution < -0.4 is 10.6 Å². The van der Waals surface area contributed by atoms with Crippen molar-refractivity contribution < 1.29 is 4.79 Å². The van der Waals surface area contributed by atoms with E-state index in [1.807, 2.05) is 7.05 Å². The molecule has 0 aliphatic heterocycles. The minimum absolute atomic E-state index is 0. The van der Waals surface area contributed by atoms with E-state index in [9.17, 15) is 4.79 Å². The van der Waals surface area contributed by atoms with Crippen LogP contribution in [0, 0.1) is 0 Å². The molecule has 0 unspecified atom stereocenters. The van der Waals surface area contributed by atoms with Gasteiger partial charge in [0.25, 0.3) is 5.91 Å². The van der Waals surface area contributed by atoms with E-state index in [-0.39, 0.29) is 18.3 Å². The fourth-order valence-electron chi connectivity index (χ4n) is 2.00. The van der Waals surface area contributed by atoms with Crippen LogP contribution in [0.1, 0.15) is 33.0 Å². The lowest BCUT2D eigenvalue weighted by Crippen LogP contribution is -2.25. The second kappa shape index (κ2) is 6.99. The van der Waals surface area contributed by atoms with Gasteiger partial charge in [-0.3, -0.25) is 4.79 Å². The molecule has 0 bridgehead atoms. The fraction of sp³-hybridized carbons (Fsp3) is 0.583. The molecule has 1 amide bonds. The first-order valence-electron chi connectivity index (χ1n) is 5.85. The SMILES string of the molecule is CNCCCNC(=O)c1cc2c(s1)CCC2.Cl. The highest BCUT2D eigenvalue weighted by molar-refractivity contribution is 7.14. The van der Waals surface area contributed by atoms with Gasteiger partial charge in [-0.1, -0.05) is 0 Å². The summed E-state index contributed by atoms with van der Waals surface area (Å²) in [6, 6.07) is 2.07. The number of hydrogen-bond acceptors (Lipinski definition) is 3. The van der Waals surface area contributed by atoms with Crippen molar-refractivity contribution in [3.63, 3.8) is 0 Å². The lowest BCUT2D eigenvalue weighted by atomic mass is 10.2. The summed E-state index contributed by atoms with van der Waals surface area (Å²) in [5, 5.41) is 6.02. The van der Waals surface area contributed by atoms with Gasteiger partial charge in [-0.25, -0.2) is 0 Å². The van der Waals surface area contributed by atoms with E-state index < -0.39 is 0 Å². The lowest BCUT2D eigenvalue weighted by molar-refractivity contribution is 0.0957. The van der Waals surface area contributed by atoms with Gasteiger partial charge in [0.2, 0.25) is 0 Å². The predicted molar refractivity (Wildman–Crippen MR) is 74.5 cm³/mol. The van der Waals surface area contributed by atoms with Crippen LogP contribution in [0.4, 0.5) is 0 Å². The smallest absolute Gasteiger partial charge is 0.261 e. The summed E-state index contributed by atoms with van der Waals surface area (Å²) in [6.45, 7) is 1.70. The zero-order chi connectivity index (χ0) is 11.4. The Hall–Kier alpha value is -0.580. The molecule has 0 radical (unpaired) electrons. The van der Waals surface area contributed by atoms with Crippen LogP contribution in [0.15, 0.2) is 6.07 Å². The van der Waals surface area contributed by atoms with Crippen LogP contribution in [0.3, 0.4) is 0 Å². The number of rotatable bonds is 5. The molecule has 1 aromatic heterocycles. The molecule has 17 heavy (non-hydrogen) atoms. The average Bonchev–Trinajstić information content (AvgIpc) is 2.83. The highest BCUT2D eigenvalue weighted by atomic mass is 35.5. The Morgan fingerprint density at radius 1 is 1.41 bits per heavy atom. The highest BCUT2D eigenvalue weighted by Crippen LogP contribution is 2.30. The van der Waals surface area contributed by atoms with Crippen LogP contribution in [0.2, 0.25) is 0 Å². The zero-order valence-electron chi connectivity index (χ0n) is 10.0. The molecule has 0 saturated carbocycles. The number of amides is 1. The van der Waals surface area contributed by atoms with E-state index >= 15 is 0 Å². The Morgan fingerprint density at radius 2 is 2.24 bits per heavy atom. The third kappa shape index (κ3) is 3.69. The predicted octanol–water partition coefficient (Wildman–Crippen LogP) is 2.00. The molecule has 2 rings (SSSR count). The maximum Gasteiger partial charge on any atom is 0.261 e. The first-order chi connectivity index (χ1) is 7.81. The Bertz CT molecular complexity index is 357. The van der Waals surface area contributed by atoms with Crippen molar-refractivity contribution in [2.45, 2.75) is 25.7 Å². The molecule has 3 nitrogen and oxygen atoms in total. The largest absolute Gasteiger partial charge is 0.351 e. The van der Waals surface area contributed by atoms with Gasteiger partial charge in [0.05, 0.1) is 4.88 Å². The van der Waals surface area contributed by atoms with Gasteiger partial charge in [0.1, 0.15) is 0 Å². The monoisotopic (exact) mass is 274 g/mol. The number of carbonyl (C=O) groups excluding carboxylic acids is 1. The summed E-state index contributed by atoms with van der Waals surface area (Å²) in [7, 11) is 1.92. The Balaban J connectivity index is 0.00000144. The number of nitrogens with one attached hydrogen (secondary N) is 2. The fourth-order valence-corrected chi connectivity index (χ4v) is 3.17. The van der Waals surface area contributed by atoms with Crippen LogP contribution in [0.25, 0.3) is 0 Å². The summed E-state index contributed by atoms with van der Waals surface area (Å²) >= 11 is 1.67. The number of hydrogen-bond donors (Lipinski definition) is 2. The Kier molecular flexibility index (Phi) is 5.95. The van der Waals surface area contributed by atoms with Crippen LogP contribution in [0.5, 0.6) is 0 Å². The minimum atomic E-state index is 0. The maximum absolute atomic E-state index is 11.8. The molecule has 0 aromatic carbocycles. The molecule has 2 N–H and O–H groups in total. The first kappa shape index (κ1) is 14.5. The van der Waals surface area contributed by atoms with E-state index in [4.69, 9.17) is 0 Å². The summed E-state index contributed by atoms with van der Waals surface area (Å²) in [5.74, 6) is 0.0931. The molecule has 1 aliphatic rings. The van der Waals surface area contributed by atoms with E-state index in [0.29, 0.717) is 0 Å². The molecule has 96 valence electrons. The van der Waals surface area contributed by atoms with Gasteiger partial charge < -0.3 is 10.6 Å². The highest BCUT2D eigenvalue weighted by Gasteiger charge is 2.17. The molecule has 0 fully saturated rings. The number of carbonyl (C=O) groups is 1. The third-order valence-corrected chi connectivity index (χ3v) is 4.10. The molecule has 1 aromatic rings. The quantitative estimate of drug-likeness (QED) is 0.807. The van der Waals surface area contributed by atoms with Gasteiger partial charge in [-0.2, -0.15) is 0 Å². The van der Waals surface area contributed by atoms with Gasteiger partial charge in [-0.15, -0.1) is 23.7 Å². The van der Waals surface area contributed by atoms with Gasteiger partial charge in [-0.05, 0) is 50.9 Å². The summed E-state index contributed by atoms with van der Waals surface area (Å²) < 4.78 is 0. The average molecular weight is 275 g/mol. The molecule has 0 atom stereocenters. The normalized spacial score (nSPS) is 13.0. The molecular weight excluding hydrogens is 256 g/mol. The summed E-state index contributed by atoms with van der Waals surface area (Å²) in [5.41, 5.74) is 1.39. The molecule has 0 spiro atoms.